The molecule has 0 heterocycles. The normalized spacial score (nSPS) is 12.0. The molecule has 0 atom stereocenters. The summed E-state index contributed by atoms with van der Waals surface area (Å²) < 4.78 is 68.3. The van der Waals surface area contributed by atoms with Crippen LogP contribution in [0.25, 0.3) is 0 Å². The molecule has 0 aromatic heterocycles. The van der Waals surface area contributed by atoms with Crippen molar-refractivity contribution < 1.29 is 30.6 Å². The zero-order chi connectivity index (χ0) is 23.4. The number of hydrogen-bond acceptors (Lipinski definition) is 4. The molecule has 2 amide bonds. The number of rotatable bonds is 7. The monoisotopic (exact) mass is 458 g/mol. The Labute approximate surface area is 180 Å². The first-order valence-electron chi connectivity index (χ1n) is 9.46. The molecule has 0 bridgehead atoms. The van der Waals surface area contributed by atoms with E-state index in [2.05, 4.69) is 0 Å². The van der Waals surface area contributed by atoms with Crippen molar-refractivity contribution in [1.29, 1.82) is 0 Å². The van der Waals surface area contributed by atoms with Crippen molar-refractivity contribution in [2.75, 3.05) is 20.6 Å². The van der Waals surface area contributed by atoms with Gasteiger partial charge in [-0.15, -0.1) is 0 Å². The van der Waals surface area contributed by atoms with Crippen LogP contribution in [0.4, 0.5) is 18.0 Å². The summed E-state index contributed by atoms with van der Waals surface area (Å²) in [6.45, 7) is 4.84. The molecule has 0 aliphatic carbocycles. The second-order valence-electron chi connectivity index (χ2n) is 7.66. The summed E-state index contributed by atoms with van der Waals surface area (Å²) in [6.07, 6.45) is -4.67. The van der Waals surface area contributed by atoms with Crippen molar-refractivity contribution in [1.82, 2.24) is 9.80 Å². The quantitative estimate of drug-likeness (QED) is 0.568. The van der Waals surface area contributed by atoms with Gasteiger partial charge in [-0.25, -0.2) is 4.79 Å². The van der Waals surface area contributed by atoms with Crippen molar-refractivity contribution in [2.24, 2.45) is 5.92 Å². The summed E-state index contributed by atoms with van der Waals surface area (Å²) in [4.78, 5) is 14.9. The predicted molar refractivity (Wildman–Crippen MR) is 110 cm³/mol. The van der Waals surface area contributed by atoms with Gasteiger partial charge in [0.25, 0.3) is 0 Å². The summed E-state index contributed by atoms with van der Waals surface area (Å²) in [7, 11) is -1.13. The topological polar surface area (TPSA) is 66.9 Å². The second-order valence-corrected chi connectivity index (χ2v) is 9.20. The van der Waals surface area contributed by atoms with Crippen molar-refractivity contribution >= 4 is 16.1 Å². The van der Waals surface area contributed by atoms with E-state index >= 15 is 0 Å². The Morgan fingerprint density at radius 2 is 1.68 bits per heavy atom. The molecular formula is C21H25F3N2O4S. The first-order valence-corrected chi connectivity index (χ1v) is 10.9. The number of hydrogen-bond donors (Lipinski definition) is 0. The van der Waals surface area contributed by atoms with Crippen molar-refractivity contribution in [3.63, 3.8) is 0 Å². The summed E-state index contributed by atoms with van der Waals surface area (Å²) in [5.74, 6) is 0.208. The lowest BCUT2D eigenvalue weighted by molar-refractivity contribution is -0.137. The van der Waals surface area contributed by atoms with Gasteiger partial charge in [-0.05, 0) is 41.8 Å². The van der Waals surface area contributed by atoms with Gasteiger partial charge in [-0.2, -0.15) is 21.6 Å². The van der Waals surface area contributed by atoms with E-state index in [9.17, 15) is 26.4 Å². The van der Waals surface area contributed by atoms with Crippen LogP contribution < -0.4 is 4.18 Å². The third-order valence-electron chi connectivity index (χ3n) is 4.19. The average molecular weight is 459 g/mol. The van der Waals surface area contributed by atoms with E-state index in [4.69, 9.17) is 4.18 Å². The second kappa shape index (κ2) is 9.59. The van der Waals surface area contributed by atoms with Gasteiger partial charge < -0.3 is 14.0 Å². The Bertz CT molecular complexity index is 1000. The van der Waals surface area contributed by atoms with Crippen LogP contribution in [-0.4, -0.2) is 44.9 Å². The first kappa shape index (κ1) is 24.5. The molecule has 0 aliphatic heterocycles. The first-order chi connectivity index (χ1) is 14.3. The SMILES string of the molecule is CC(C)CN(Cc1ccc(OS(=O)(=O)c2cccc(C(F)(F)F)c2)cc1)C(=O)N(C)C. The molecule has 2 rings (SSSR count). The van der Waals surface area contributed by atoms with Crippen LogP contribution >= 0.6 is 0 Å². The lowest BCUT2D eigenvalue weighted by atomic mass is 10.1. The van der Waals surface area contributed by atoms with Crippen LogP contribution in [0, 0.1) is 5.92 Å². The summed E-state index contributed by atoms with van der Waals surface area (Å²) in [5, 5.41) is 0. The minimum Gasteiger partial charge on any atom is -0.379 e. The van der Waals surface area contributed by atoms with E-state index < -0.39 is 26.8 Å². The van der Waals surface area contributed by atoms with Gasteiger partial charge in [-0.3, -0.25) is 0 Å². The van der Waals surface area contributed by atoms with E-state index in [1.54, 1.807) is 31.1 Å². The summed E-state index contributed by atoms with van der Waals surface area (Å²) in [5.41, 5.74) is -0.331. The molecule has 0 saturated heterocycles. The molecule has 170 valence electrons. The summed E-state index contributed by atoms with van der Waals surface area (Å²) >= 11 is 0. The Hall–Kier alpha value is -2.75. The van der Waals surface area contributed by atoms with Gasteiger partial charge in [0.05, 0.1) is 5.56 Å². The maximum atomic E-state index is 12.9. The highest BCUT2D eigenvalue weighted by Crippen LogP contribution is 2.31. The van der Waals surface area contributed by atoms with E-state index in [-0.39, 0.29) is 17.7 Å². The molecule has 0 N–H and O–H groups in total. The standard InChI is InChI=1S/C21H25F3N2O4S/c1-15(2)13-26(20(27)25(3)4)14-16-8-10-18(11-9-16)30-31(28,29)19-7-5-6-17(12-19)21(22,23)24/h5-12,15H,13-14H2,1-4H3. The minimum atomic E-state index is -4.67. The smallest absolute Gasteiger partial charge is 0.379 e. The van der Waals surface area contributed by atoms with Gasteiger partial charge in [0, 0.05) is 27.2 Å². The number of carbonyl (C=O) groups is 1. The van der Waals surface area contributed by atoms with Crippen LogP contribution in [0.3, 0.4) is 0 Å². The van der Waals surface area contributed by atoms with Crippen molar-refractivity contribution in [3.05, 3.63) is 59.7 Å². The molecule has 0 fully saturated rings. The number of benzene rings is 2. The van der Waals surface area contributed by atoms with Gasteiger partial charge in [0.1, 0.15) is 10.6 Å². The molecule has 2 aromatic rings. The van der Waals surface area contributed by atoms with Crippen molar-refractivity contribution in [3.8, 4) is 5.75 Å². The highest BCUT2D eigenvalue weighted by Gasteiger charge is 2.32. The molecule has 0 aliphatic rings. The van der Waals surface area contributed by atoms with E-state index in [1.807, 2.05) is 13.8 Å². The van der Waals surface area contributed by atoms with Crippen LogP contribution in [0.2, 0.25) is 0 Å². The Morgan fingerprint density at radius 3 is 2.19 bits per heavy atom. The minimum absolute atomic E-state index is 0.0458. The Kier molecular flexibility index (Phi) is 7.58. The third-order valence-corrected chi connectivity index (χ3v) is 5.43. The molecule has 6 nitrogen and oxygen atoms in total. The van der Waals surface area contributed by atoms with Crippen LogP contribution in [0.15, 0.2) is 53.4 Å². The largest absolute Gasteiger partial charge is 0.416 e. The number of alkyl halides is 3. The van der Waals surface area contributed by atoms with Crippen LogP contribution in [0.1, 0.15) is 25.0 Å². The number of nitrogens with zero attached hydrogens (tertiary/aromatic N) is 2. The highest BCUT2D eigenvalue weighted by molar-refractivity contribution is 7.87. The van der Waals surface area contributed by atoms with E-state index in [0.717, 1.165) is 23.8 Å². The lowest BCUT2D eigenvalue weighted by Gasteiger charge is -2.27. The Morgan fingerprint density at radius 1 is 1.06 bits per heavy atom. The van der Waals surface area contributed by atoms with E-state index in [1.165, 1.54) is 17.0 Å². The lowest BCUT2D eigenvalue weighted by Crippen LogP contribution is -2.40. The number of carbonyl (C=O) groups excluding carboxylic acids is 1. The maximum Gasteiger partial charge on any atom is 0.416 e. The molecule has 10 heteroatoms. The van der Waals surface area contributed by atoms with E-state index in [0.29, 0.717) is 19.2 Å². The zero-order valence-corrected chi connectivity index (χ0v) is 18.5. The number of amides is 2. The molecule has 0 spiro atoms. The van der Waals surface area contributed by atoms with Crippen molar-refractivity contribution in [2.45, 2.75) is 31.5 Å². The van der Waals surface area contributed by atoms with Gasteiger partial charge in [0.15, 0.2) is 0 Å². The predicted octanol–water partition coefficient (Wildman–Crippen LogP) is 4.61. The van der Waals surface area contributed by atoms with Crippen LogP contribution in [0.5, 0.6) is 5.75 Å². The van der Waals surface area contributed by atoms with Gasteiger partial charge in [-0.1, -0.05) is 32.0 Å². The molecular weight excluding hydrogens is 433 g/mol. The molecule has 0 radical (unpaired) electrons. The molecule has 2 aromatic carbocycles. The number of urea groups is 1. The highest BCUT2D eigenvalue weighted by atomic mass is 32.2. The zero-order valence-electron chi connectivity index (χ0n) is 17.7. The van der Waals surface area contributed by atoms with Gasteiger partial charge in [0.2, 0.25) is 0 Å². The fraction of sp³-hybridized carbons (Fsp3) is 0.381. The number of halogens is 3. The summed E-state index contributed by atoms with van der Waals surface area (Å²) in [6, 6.07) is 9.21. The average Bonchev–Trinajstić information content (AvgIpc) is 2.67. The van der Waals surface area contributed by atoms with Crippen LogP contribution in [-0.2, 0) is 22.8 Å². The fourth-order valence-corrected chi connectivity index (χ4v) is 3.78. The molecule has 0 unspecified atom stereocenters. The molecule has 31 heavy (non-hydrogen) atoms. The maximum absolute atomic E-state index is 12.9. The Balaban J connectivity index is 2.17. The third kappa shape index (κ3) is 6.88. The molecule has 0 saturated carbocycles. The van der Waals surface area contributed by atoms with Gasteiger partial charge >= 0.3 is 22.3 Å². The fourth-order valence-electron chi connectivity index (χ4n) is 2.81.